The molecule has 18 heavy (non-hydrogen) atoms. The van der Waals surface area contributed by atoms with Crippen LogP contribution in [0, 0.1) is 5.92 Å². The number of aryl methyl sites for hydroxylation is 2. The Balaban J connectivity index is 1.88. The van der Waals surface area contributed by atoms with E-state index in [1.165, 1.54) is 12.2 Å². The highest BCUT2D eigenvalue weighted by atomic mass is 16.5. The Morgan fingerprint density at radius 3 is 3.00 bits per heavy atom. The first kappa shape index (κ1) is 13.6. The Morgan fingerprint density at radius 1 is 1.61 bits per heavy atom. The second kappa shape index (κ2) is 6.34. The van der Waals surface area contributed by atoms with Gasteiger partial charge in [-0.2, -0.15) is 0 Å². The first-order chi connectivity index (χ1) is 8.70. The van der Waals surface area contributed by atoms with Gasteiger partial charge in [0.2, 0.25) is 0 Å². The van der Waals surface area contributed by atoms with Crippen LogP contribution in [0.3, 0.4) is 0 Å². The fraction of sp³-hybridized carbons (Fsp3) is 0.786. The summed E-state index contributed by atoms with van der Waals surface area (Å²) in [5.74, 6) is 1.82. The largest absolute Gasteiger partial charge is 0.378 e. The lowest BCUT2D eigenvalue weighted by molar-refractivity contribution is 0.116. The van der Waals surface area contributed by atoms with Crippen molar-refractivity contribution in [3.8, 4) is 0 Å². The van der Waals surface area contributed by atoms with Gasteiger partial charge in [-0.1, -0.05) is 6.92 Å². The van der Waals surface area contributed by atoms with Crippen LogP contribution in [0.5, 0.6) is 0 Å². The van der Waals surface area contributed by atoms with E-state index >= 15 is 0 Å². The van der Waals surface area contributed by atoms with Crippen LogP contribution in [0.25, 0.3) is 0 Å². The van der Waals surface area contributed by atoms with Gasteiger partial charge in [-0.05, 0) is 26.3 Å². The van der Waals surface area contributed by atoms with E-state index in [2.05, 4.69) is 35.8 Å². The maximum absolute atomic E-state index is 5.69. The van der Waals surface area contributed by atoms with Crippen LogP contribution in [0.15, 0.2) is 12.4 Å². The average molecular weight is 251 g/mol. The fourth-order valence-electron chi connectivity index (χ4n) is 2.82. The van der Waals surface area contributed by atoms with Crippen LogP contribution < -0.4 is 5.32 Å². The van der Waals surface area contributed by atoms with Crippen molar-refractivity contribution < 1.29 is 4.74 Å². The molecule has 0 amide bonds. The zero-order chi connectivity index (χ0) is 13.0. The van der Waals surface area contributed by atoms with Crippen LogP contribution in [0.4, 0.5) is 0 Å². The number of nitrogens with one attached hydrogen (secondary N) is 1. The van der Waals surface area contributed by atoms with Crippen molar-refractivity contribution in [3.63, 3.8) is 0 Å². The number of imidazole rings is 1. The summed E-state index contributed by atoms with van der Waals surface area (Å²) < 4.78 is 7.80. The van der Waals surface area contributed by atoms with Gasteiger partial charge in [0.15, 0.2) is 0 Å². The molecule has 4 heteroatoms. The highest BCUT2D eigenvalue weighted by Gasteiger charge is 2.28. The molecule has 1 fully saturated rings. The summed E-state index contributed by atoms with van der Waals surface area (Å²) in [4.78, 5) is 4.39. The van der Waals surface area contributed by atoms with Gasteiger partial charge >= 0.3 is 0 Å². The van der Waals surface area contributed by atoms with Crippen molar-refractivity contribution in [3.05, 3.63) is 18.2 Å². The van der Waals surface area contributed by atoms with Gasteiger partial charge in [0.1, 0.15) is 5.82 Å². The number of hydrogen-bond donors (Lipinski definition) is 1. The molecule has 102 valence electrons. The Hall–Kier alpha value is -0.870. The molecule has 0 aromatic carbocycles. The standard InChI is InChI=1S/C14H25N3O/c1-4-15-13(12-9-11(2)18-10-12)5-6-14-16-7-8-17(14)3/h7-8,11-13,15H,4-6,9-10H2,1-3H3. The predicted molar refractivity (Wildman–Crippen MR) is 72.5 cm³/mol. The van der Waals surface area contributed by atoms with Crippen LogP contribution in [-0.2, 0) is 18.2 Å². The minimum absolute atomic E-state index is 0.421. The molecular formula is C14H25N3O. The Kier molecular flexibility index (Phi) is 4.78. The third-order valence-electron chi connectivity index (χ3n) is 3.86. The SMILES string of the molecule is CCNC(CCc1nccn1C)C1COC(C)C1. The minimum atomic E-state index is 0.421. The molecule has 2 heterocycles. The van der Waals surface area contributed by atoms with Crippen molar-refractivity contribution in [2.45, 2.75) is 45.3 Å². The van der Waals surface area contributed by atoms with Gasteiger partial charge < -0.3 is 14.6 Å². The quantitative estimate of drug-likeness (QED) is 0.837. The Labute approximate surface area is 110 Å². The third-order valence-corrected chi connectivity index (χ3v) is 3.86. The van der Waals surface area contributed by atoms with E-state index in [1.807, 2.05) is 12.4 Å². The molecule has 1 aliphatic heterocycles. The molecule has 0 bridgehead atoms. The smallest absolute Gasteiger partial charge is 0.108 e. The first-order valence-electron chi connectivity index (χ1n) is 7.02. The zero-order valence-corrected chi connectivity index (χ0v) is 11.7. The molecule has 0 aliphatic carbocycles. The maximum Gasteiger partial charge on any atom is 0.108 e. The monoisotopic (exact) mass is 251 g/mol. The van der Waals surface area contributed by atoms with E-state index in [0.717, 1.165) is 26.0 Å². The normalized spacial score (nSPS) is 25.5. The lowest BCUT2D eigenvalue weighted by Crippen LogP contribution is -2.37. The maximum atomic E-state index is 5.69. The highest BCUT2D eigenvalue weighted by molar-refractivity contribution is 4.93. The lowest BCUT2D eigenvalue weighted by atomic mass is 9.93. The summed E-state index contributed by atoms with van der Waals surface area (Å²) in [6.45, 7) is 6.27. The van der Waals surface area contributed by atoms with E-state index in [4.69, 9.17) is 4.74 Å². The molecule has 1 saturated heterocycles. The molecule has 1 aliphatic rings. The Morgan fingerprint density at radius 2 is 2.44 bits per heavy atom. The molecule has 1 aromatic heterocycles. The number of aromatic nitrogens is 2. The van der Waals surface area contributed by atoms with Crippen molar-refractivity contribution in [1.29, 1.82) is 0 Å². The van der Waals surface area contributed by atoms with Crippen molar-refractivity contribution in [2.24, 2.45) is 13.0 Å². The lowest BCUT2D eigenvalue weighted by Gasteiger charge is -2.23. The molecule has 0 radical (unpaired) electrons. The molecule has 0 spiro atoms. The summed E-state index contributed by atoms with van der Waals surface area (Å²) in [7, 11) is 2.06. The van der Waals surface area contributed by atoms with E-state index in [0.29, 0.717) is 18.1 Å². The molecule has 1 aromatic rings. The molecule has 3 unspecified atom stereocenters. The van der Waals surface area contributed by atoms with E-state index in [1.54, 1.807) is 0 Å². The summed E-state index contributed by atoms with van der Waals surface area (Å²) in [6.07, 6.45) is 7.66. The summed E-state index contributed by atoms with van der Waals surface area (Å²) in [6, 6.07) is 0.552. The van der Waals surface area contributed by atoms with Gasteiger partial charge in [0.05, 0.1) is 12.7 Å². The molecule has 2 rings (SSSR count). The van der Waals surface area contributed by atoms with Gasteiger partial charge in [0.25, 0.3) is 0 Å². The van der Waals surface area contributed by atoms with E-state index in [-0.39, 0.29) is 0 Å². The molecular weight excluding hydrogens is 226 g/mol. The fourth-order valence-corrected chi connectivity index (χ4v) is 2.82. The summed E-state index contributed by atoms with van der Waals surface area (Å²) in [5.41, 5.74) is 0. The van der Waals surface area contributed by atoms with Gasteiger partial charge in [0, 0.05) is 37.8 Å². The number of hydrogen-bond acceptors (Lipinski definition) is 3. The van der Waals surface area contributed by atoms with E-state index in [9.17, 15) is 0 Å². The average Bonchev–Trinajstić information content (AvgIpc) is 2.94. The second-order valence-corrected chi connectivity index (χ2v) is 5.30. The molecule has 1 N–H and O–H groups in total. The Bertz CT molecular complexity index is 364. The van der Waals surface area contributed by atoms with Crippen molar-refractivity contribution >= 4 is 0 Å². The zero-order valence-electron chi connectivity index (χ0n) is 11.7. The topological polar surface area (TPSA) is 39.1 Å². The summed E-state index contributed by atoms with van der Waals surface area (Å²) in [5, 5.41) is 3.61. The van der Waals surface area contributed by atoms with Crippen LogP contribution in [0.1, 0.15) is 32.5 Å². The third kappa shape index (κ3) is 3.33. The van der Waals surface area contributed by atoms with Gasteiger partial charge in [-0.25, -0.2) is 4.98 Å². The van der Waals surface area contributed by atoms with Crippen LogP contribution in [-0.4, -0.2) is 34.8 Å². The molecule has 4 nitrogen and oxygen atoms in total. The molecule has 0 saturated carbocycles. The number of nitrogens with zero attached hydrogens (tertiary/aromatic N) is 2. The summed E-state index contributed by atoms with van der Waals surface area (Å²) >= 11 is 0. The van der Waals surface area contributed by atoms with E-state index < -0.39 is 0 Å². The van der Waals surface area contributed by atoms with Gasteiger partial charge in [-0.15, -0.1) is 0 Å². The number of rotatable bonds is 6. The second-order valence-electron chi connectivity index (χ2n) is 5.30. The minimum Gasteiger partial charge on any atom is -0.378 e. The van der Waals surface area contributed by atoms with Crippen LogP contribution in [0.2, 0.25) is 0 Å². The highest BCUT2D eigenvalue weighted by Crippen LogP contribution is 2.24. The van der Waals surface area contributed by atoms with Gasteiger partial charge in [-0.3, -0.25) is 0 Å². The number of ether oxygens (including phenoxy) is 1. The van der Waals surface area contributed by atoms with Crippen LogP contribution >= 0.6 is 0 Å². The molecule has 3 atom stereocenters. The first-order valence-corrected chi connectivity index (χ1v) is 7.02. The predicted octanol–water partition coefficient (Wildman–Crippen LogP) is 1.76. The van der Waals surface area contributed by atoms with Crippen molar-refractivity contribution in [2.75, 3.05) is 13.2 Å². The van der Waals surface area contributed by atoms with Crippen molar-refractivity contribution in [1.82, 2.24) is 14.9 Å².